The third-order valence-electron chi connectivity index (χ3n) is 2.58. The van der Waals surface area contributed by atoms with Crippen molar-refractivity contribution in [3.05, 3.63) is 22.3 Å². The van der Waals surface area contributed by atoms with Crippen molar-refractivity contribution < 1.29 is 0 Å². The van der Waals surface area contributed by atoms with Crippen molar-refractivity contribution in [3.8, 4) is 0 Å². The first-order valence-corrected chi connectivity index (χ1v) is 5.92. The van der Waals surface area contributed by atoms with Gasteiger partial charge in [-0.3, -0.25) is 0 Å². The minimum absolute atomic E-state index is 0.548. The number of nitrogens with one attached hydrogen (secondary N) is 1. The minimum Gasteiger partial charge on any atom is -0.304 e. The minimum atomic E-state index is 0.548. The second-order valence-electron chi connectivity index (χ2n) is 3.89. The van der Waals surface area contributed by atoms with Gasteiger partial charge in [0.25, 0.3) is 0 Å². The van der Waals surface area contributed by atoms with E-state index in [-0.39, 0.29) is 0 Å². The van der Waals surface area contributed by atoms with Crippen LogP contribution in [-0.2, 0) is 0 Å². The zero-order chi connectivity index (χ0) is 11.5. The van der Waals surface area contributed by atoms with Gasteiger partial charge in [0, 0.05) is 32.4 Å². The summed E-state index contributed by atoms with van der Waals surface area (Å²) in [5.74, 6) is 0.663. The van der Waals surface area contributed by atoms with E-state index in [1.807, 2.05) is 0 Å². The Morgan fingerprint density at radius 3 is 2.56 bits per heavy atom. The van der Waals surface area contributed by atoms with Crippen molar-refractivity contribution in [2.24, 2.45) is 0 Å². The van der Waals surface area contributed by atoms with Crippen molar-refractivity contribution in [2.45, 2.75) is 0 Å². The summed E-state index contributed by atoms with van der Waals surface area (Å²) in [6.45, 7) is 3.99. The average molecular weight is 261 g/mol. The van der Waals surface area contributed by atoms with Gasteiger partial charge in [-0.25, -0.2) is 9.99 Å². The summed E-state index contributed by atoms with van der Waals surface area (Å²) in [7, 11) is 2.12. The lowest BCUT2D eigenvalue weighted by Crippen LogP contribution is -2.47. The van der Waals surface area contributed by atoms with Crippen LogP contribution in [0, 0.1) is 0 Å². The van der Waals surface area contributed by atoms with E-state index < -0.39 is 0 Å². The molecule has 1 fully saturated rings. The van der Waals surface area contributed by atoms with E-state index in [0.29, 0.717) is 15.9 Å². The molecule has 1 aromatic heterocycles. The molecule has 16 heavy (non-hydrogen) atoms. The summed E-state index contributed by atoms with van der Waals surface area (Å²) in [5, 5.41) is 3.21. The second kappa shape index (κ2) is 5.19. The van der Waals surface area contributed by atoms with E-state index >= 15 is 0 Å². The molecule has 88 valence electrons. The topological polar surface area (TPSA) is 31.4 Å². The summed E-state index contributed by atoms with van der Waals surface area (Å²) < 4.78 is 0. The van der Waals surface area contributed by atoms with Gasteiger partial charge in [-0.05, 0) is 13.1 Å². The Balaban J connectivity index is 1.98. The summed E-state index contributed by atoms with van der Waals surface area (Å²) in [6.07, 6.45) is 1.59. The van der Waals surface area contributed by atoms with Crippen molar-refractivity contribution in [3.63, 3.8) is 0 Å². The summed E-state index contributed by atoms with van der Waals surface area (Å²) >= 11 is 11.8. The van der Waals surface area contributed by atoms with Gasteiger partial charge in [0.05, 0.1) is 10.0 Å². The van der Waals surface area contributed by atoms with Gasteiger partial charge in [-0.15, -0.1) is 0 Å². The summed E-state index contributed by atoms with van der Waals surface area (Å²) in [4.78, 5) is 6.45. The maximum atomic E-state index is 6.03. The molecular weight excluding hydrogens is 247 g/mol. The van der Waals surface area contributed by atoms with E-state index in [2.05, 4.69) is 27.4 Å². The molecule has 0 amide bonds. The van der Waals surface area contributed by atoms with E-state index in [4.69, 9.17) is 23.2 Å². The van der Waals surface area contributed by atoms with Crippen LogP contribution < -0.4 is 5.43 Å². The van der Waals surface area contributed by atoms with Crippen molar-refractivity contribution in [1.29, 1.82) is 0 Å². The van der Waals surface area contributed by atoms with Crippen molar-refractivity contribution in [2.75, 3.05) is 38.7 Å². The molecule has 1 aromatic rings. The zero-order valence-electron chi connectivity index (χ0n) is 9.08. The van der Waals surface area contributed by atoms with Crippen LogP contribution in [0.2, 0.25) is 10.0 Å². The molecule has 0 aliphatic carbocycles. The molecule has 0 bridgehead atoms. The standard InChI is InChI=1S/C10H14Cl2N4/c1-15-2-4-16(5-3-15)14-10-9(12)6-8(11)7-13-10/h6-7H,2-5H2,1H3,(H,13,14). The molecule has 1 saturated heterocycles. The highest BCUT2D eigenvalue weighted by Crippen LogP contribution is 2.23. The molecule has 0 aromatic carbocycles. The van der Waals surface area contributed by atoms with E-state index in [0.717, 1.165) is 26.2 Å². The lowest BCUT2D eigenvalue weighted by atomic mass is 10.4. The second-order valence-corrected chi connectivity index (χ2v) is 4.73. The smallest absolute Gasteiger partial charge is 0.159 e. The Hall–Kier alpha value is -0.550. The van der Waals surface area contributed by atoms with Crippen molar-refractivity contribution >= 4 is 29.0 Å². The van der Waals surface area contributed by atoms with E-state index in [9.17, 15) is 0 Å². The molecule has 0 radical (unpaired) electrons. The fourth-order valence-corrected chi connectivity index (χ4v) is 1.99. The monoisotopic (exact) mass is 260 g/mol. The number of pyridine rings is 1. The highest BCUT2D eigenvalue weighted by atomic mass is 35.5. The first-order valence-electron chi connectivity index (χ1n) is 5.16. The van der Waals surface area contributed by atoms with E-state index in [1.54, 1.807) is 12.3 Å². The summed E-state index contributed by atoms with van der Waals surface area (Å²) in [5.41, 5.74) is 3.20. The molecule has 0 spiro atoms. The van der Waals surface area contributed by atoms with Gasteiger partial charge >= 0.3 is 0 Å². The first-order chi connectivity index (χ1) is 7.65. The Kier molecular flexibility index (Phi) is 3.86. The Morgan fingerprint density at radius 1 is 1.25 bits per heavy atom. The lowest BCUT2D eigenvalue weighted by molar-refractivity contribution is 0.178. The number of piperazine rings is 1. The fraction of sp³-hybridized carbons (Fsp3) is 0.500. The molecule has 1 aliphatic heterocycles. The van der Waals surface area contributed by atoms with Crippen LogP contribution in [-0.4, -0.2) is 48.1 Å². The quantitative estimate of drug-likeness (QED) is 0.881. The maximum Gasteiger partial charge on any atom is 0.159 e. The molecule has 0 atom stereocenters. The van der Waals surface area contributed by atoms with Crippen LogP contribution in [0.1, 0.15) is 0 Å². The number of anilines is 1. The number of rotatable bonds is 2. The maximum absolute atomic E-state index is 6.03. The van der Waals surface area contributed by atoms with Gasteiger partial charge in [-0.1, -0.05) is 23.2 Å². The Bertz CT molecular complexity index is 364. The predicted molar refractivity (Wildman–Crippen MR) is 66.9 cm³/mol. The van der Waals surface area contributed by atoms with Crippen molar-refractivity contribution in [1.82, 2.24) is 14.9 Å². The number of likely N-dealkylation sites (N-methyl/N-ethyl adjacent to an activating group) is 1. The molecule has 1 aliphatic rings. The highest BCUT2D eigenvalue weighted by molar-refractivity contribution is 6.35. The normalized spacial score (nSPS) is 18.7. The Morgan fingerprint density at radius 2 is 1.94 bits per heavy atom. The number of halogens is 2. The molecule has 0 unspecified atom stereocenters. The number of hydrogen-bond donors (Lipinski definition) is 1. The van der Waals surface area contributed by atoms with Crippen LogP contribution in [0.5, 0.6) is 0 Å². The lowest BCUT2D eigenvalue weighted by Gasteiger charge is -2.32. The predicted octanol–water partition coefficient (Wildman–Crippen LogP) is 1.96. The van der Waals surface area contributed by atoms with Gasteiger partial charge in [-0.2, -0.15) is 0 Å². The van der Waals surface area contributed by atoms with Gasteiger partial charge < -0.3 is 10.3 Å². The third kappa shape index (κ3) is 2.98. The number of nitrogens with zero attached hydrogens (tertiary/aromatic N) is 3. The molecule has 2 heterocycles. The molecule has 0 saturated carbocycles. The van der Waals surface area contributed by atoms with Crippen LogP contribution in [0.4, 0.5) is 5.82 Å². The first kappa shape index (κ1) is 11.9. The van der Waals surface area contributed by atoms with Gasteiger partial charge in [0.15, 0.2) is 5.82 Å². The number of hydrazine groups is 1. The SMILES string of the molecule is CN1CCN(Nc2ncc(Cl)cc2Cl)CC1. The molecule has 1 N–H and O–H groups in total. The highest BCUT2D eigenvalue weighted by Gasteiger charge is 2.14. The molecule has 6 heteroatoms. The molecule has 2 rings (SSSR count). The largest absolute Gasteiger partial charge is 0.304 e. The Labute approximate surface area is 105 Å². The van der Waals surface area contributed by atoms with Gasteiger partial charge in [0.2, 0.25) is 0 Å². The molecular formula is C10H14Cl2N4. The zero-order valence-corrected chi connectivity index (χ0v) is 10.6. The summed E-state index contributed by atoms with van der Waals surface area (Å²) in [6, 6.07) is 1.69. The fourth-order valence-electron chi connectivity index (χ4n) is 1.56. The number of aromatic nitrogens is 1. The average Bonchev–Trinajstić information content (AvgIpc) is 2.25. The van der Waals surface area contributed by atoms with E-state index in [1.165, 1.54) is 0 Å². The van der Waals surface area contributed by atoms with Crippen LogP contribution in [0.3, 0.4) is 0 Å². The van der Waals surface area contributed by atoms with Crippen LogP contribution >= 0.6 is 23.2 Å². The number of hydrogen-bond acceptors (Lipinski definition) is 4. The van der Waals surface area contributed by atoms with Gasteiger partial charge in [0.1, 0.15) is 0 Å². The molecule has 4 nitrogen and oxygen atoms in total. The van der Waals surface area contributed by atoms with Crippen LogP contribution in [0.15, 0.2) is 12.3 Å². The van der Waals surface area contributed by atoms with Crippen LogP contribution in [0.25, 0.3) is 0 Å². The third-order valence-corrected chi connectivity index (χ3v) is 3.07.